The number of hydrogen-bond acceptors (Lipinski definition) is 4. The first-order chi connectivity index (χ1) is 13.3. The maximum absolute atomic E-state index is 13.0. The molecule has 1 fully saturated rings. The maximum atomic E-state index is 13.0. The molecule has 0 spiro atoms. The second-order valence-corrected chi connectivity index (χ2v) is 8.02. The molecule has 2 N–H and O–H groups in total. The van der Waals surface area contributed by atoms with Crippen LogP contribution in [0.2, 0.25) is 0 Å². The summed E-state index contributed by atoms with van der Waals surface area (Å²) in [5.41, 5.74) is 0.601. The fourth-order valence-corrected chi connectivity index (χ4v) is 4.23. The molecule has 2 atom stereocenters. The quantitative estimate of drug-likeness (QED) is 0.794. The van der Waals surface area contributed by atoms with Crippen molar-refractivity contribution >= 4 is 22.9 Å². The number of carboxylic acids is 1. The van der Waals surface area contributed by atoms with Gasteiger partial charge in [-0.25, -0.2) is 4.98 Å². The zero-order valence-corrected chi connectivity index (χ0v) is 16.8. The van der Waals surface area contributed by atoms with Crippen LogP contribution >= 0.6 is 0 Å². The summed E-state index contributed by atoms with van der Waals surface area (Å²) in [6, 6.07) is 7.72. The van der Waals surface area contributed by atoms with Gasteiger partial charge in [-0.05, 0) is 25.0 Å². The Hall–Kier alpha value is -2.41. The number of hydrogen-bond donors (Lipinski definition) is 2. The Kier molecular flexibility index (Phi) is 5.74. The van der Waals surface area contributed by atoms with Gasteiger partial charge in [0.2, 0.25) is 5.91 Å². The Bertz CT molecular complexity index is 876. The molecule has 1 aliphatic heterocycles. The number of piperidine rings is 1. The van der Waals surface area contributed by atoms with E-state index in [-0.39, 0.29) is 31.3 Å². The van der Waals surface area contributed by atoms with Gasteiger partial charge in [0.1, 0.15) is 12.4 Å². The molecule has 0 unspecified atom stereocenters. The lowest BCUT2D eigenvalue weighted by Gasteiger charge is -2.42. The van der Waals surface area contributed by atoms with Gasteiger partial charge < -0.3 is 19.7 Å². The van der Waals surface area contributed by atoms with Gasteiger partial charge in [0, 0.05) is 19.0 Å². The first-order valence-corrected chi connectivity index (χ1v) is 9.94. The Morgan fingerprint density at radius 3 is 2.64 bits per heavy atom. The average Bonchev–Trinajstić information content (AvgIpc) is 3.02. The largest absolute Gasteiger partial charge is 0.481 e. The maximum Gasteiger partial charge on any atom is 0.312 e. The highest BCUT2D eigenvalue weighted by Gasteiger charge is 2.48. The lowest BCUT2D eigenvalue weighted by atomic mass is 9.73. The monoisotopic (exact) mass is 387 g/mol. The topological polar surface area (TPSA) is 95.7 Å². The molecule has 0 aliphatic carbocycles. The standard InChI is InChI=1S/C21H29N3O4/c1-4-9-21(20(27)28)10-11-23(12-17(21)25)18(26)13-24-16-8-6-5-7-15(16)22-19(24)14(2)3/h5-8,14,17,25H,4,9-13H2,1-3H3,(H,27,28)/t17-,21-/m0/s1. The zero-order chi connectivity index (χ0) is 20.5. The van der Waals surface area contributed by atoms with Crippen molar-refractivity contribution in [2.75, 3.05) is 13.1 Å². The number of para-hydroxylation sites is 2. The number of imidazole rings is 1. The Balaban J connectivity index is 1.81. The smallest absolute Gasteiger partial charge is 0.312 e. The number of aliphatic carboxylic acids is 1. The normalized spacial score (nSPS) is 22.8. The molecule has 2 aromatic rings. The summed E-state index contributed by atoms with van der Waals surface area (Å²) in [5.74, 6) is -0.0921. The second-order valence-electron chi connectivity index (χ2n) is 8.02. The van der Waals surface area contributed by atoms with E-state index in [1.807, 2.05) is 49.6 Å². The fourth-order valence-electron chi connectivity index (χ4n) is 4.23. The van der Waals surface area contributed by atoms with Crippen molar-refractivity contribution in [2.24, 2.45) is 5.41 Å². The highest BCUT2D eigenvalue weighted by atomic mass is 16.4. The molecule has 3 rings (SSSR count). The van der Waals surface area contributed by atoms with Gasteiger partial charge in [0.05, 0.1) is 22.6 Å². The molecule has 7 nitrogen and oxygen atoms in total. The molecule has 0 bridgehead atoms. The molecule has 1 saturated heterocycles. The van der Waals surface area contributed by atoms with Crippen molar-refractivity contribution in [3.8, 4) is 0 Å². The van der Waals surface area contributed by atoms with Crippen LogP contribution in [0, 0.1) is 5.41 Å². The average molecular weight is 387 g/mol. The van der Waals surface area contributed by atoms with Crippen LogP contribution in [0.4, 0.5) is 0 Å². The van der Waals surface area contributed by atoms with Crippen molar-refractivity contribution in [1.82, 2.24) is 14.5 Å². The molecule has 0 saturated carbocycles. The van der Waals surface area contributed by atoms with Crippen LogP contribution in [-0.4, -0.2) is 55.7 Å². The van der Waals surface area contributed by atoms with Crippen LogP contribution in [0.1, 0.15) is 51.8 Å². The van der Waals surface area contributed by atoms with Gasteiger partial charge in [-0.3, -0.25) is 9.59 Å². The number of aliphatic hydroxyl groups excluding tert-OH is 1. The summed E-state index contributed by atoms with van der Waals surface area (Å²) in [7, 11) is 0. The van der Waals surface area contributed by atoms with Gasteiger partial charge in [0.25, 0.3) is 0 Å². The number of carboxylic acid groups (broad SMARTS) is 1. The molecule has 1 aromatic heterocycles. The minimum absolute atomic E-state index is 0.0504. The van der Waals surface area contributed by atoms with Crippen LogP contribution in [0.5, 0.6) is 0 Å². The number of likely N-dealkylation sites (tertiary alicyclic amines) is 1. The third kappa shape index (κ3) is 3.51. The van der Waals surface area contributed by atoms with E-state index in [1.54, 1.807) is 4.90 Å². The number of carbonyl (C=O) groups excluding carboxylic acids is 1. The number of carbonyl (C=O) groups is 2. The summed E-state index contributed by atoms with van der Waals surface area (Å²) in [6.07, 6.45) is 0.294. The zero-order valence-electron chi connectivity index (χ0n) is 16.8. The molecule has 1 amide bonds. The third-order valence-corrected chi connectivity index (χ3v) is 5.83. The highest BCUT2D eigenvalue weighted by molar-refractivity contribution is 5.82. The first-order valence-electron chi connectivity index (χ1n) is 9.94. The fraction of sp³-hybridized carbons (Fsp3) is 0.571. The summed E-state index contributed by atoms with van der Waals surface area (Å²) in [4.78, 5) is 31.0. The summed E-state index contributed by atoms with van der Waals surface area (Å²) in [5, 5.41) is 20.2. The number of nitrogens with zero attached hydrogens (tertiary/aromatic N) is 3. The number of amides is 1. The first kappa shape index (κ1) is 20.3. The van der Waals surface area contributed by atoms with Crippen LogP contribution in [0.25, 0.3) is 11.0 Å². The number of aliphatic hydroxyl groups is 1. The molecule has 0 radical (unpaired) electrons. The number of β-amino-alcohol motifs (C(OH)–C–C–N with tert-alkyl or cyclic N) is 1. The van der Waals surface area contributed by atoms with E-state index >= 15 is 0 Å². The van der Waals surface area contributed by atoms with E-state index in [4.69, 9.17) is 0 Å². The molecular formula is C21H29N3O4. The van der Waals surface area contributed by atoms with Crippen molar-refractivity contribution in [3.05, 3.63) is 30.1 Å². The number of rotatable bonds is 6. The van der Waals surface area contributed by atoms with Gasteiger partial charge in [0.15, 0.2) is 0 Å². The van der Waals surface area contributed by atoms with Crippen molar-refractivity contribution < 1.29 is 19.8 Å². The van der Waals surface area contributed by atoms with Gasteiger partial charge in [-0.15, -0.1) is 0 Å². The number of aromatic nitrogens is 2. The van der Waals surface area contributed by atoms with Crippen LogP contribution in [0.15, 0.2) is 24.3 Å². The van der Waals surface area contributed by atoms with E-state index in [0.29, 0.717) is 19.4 Å². The predicted molar refractivity (Wildman–Crippen MR) is 106 cm³/mol. The lowest BCUT2D eigenvalue weighted by Crippen LogP contribution is -2.56. The molecule has 1 aromatic carbocycles. The van der Waals surface area contributed by atoms with Crippen molar-refractivity contribution in [1.29, 1.82) is 0 Å². The molecular weight excluding hydrogens is 358 g/mol. The van der Waals surface area contributed by atoms with E-state index in [1.165, 1.54) is 0 Å². The Morgan fingerprint density at radius 2 is 2.04 bits per heavy atom. The van der Waals surface area contributed by atoms with Gasteiger partial charge >= 0.3 is 5.97 Å². The van der Waals surface area contributed by atoms with Crippen LogP contribution in [-0.2, 0) is 16.1 Å². The van der Waals surface area contributed by atoms with Crippen LogP contribution in [0.3, 0.4) is 0 Å². The van der Waals surface area contributed by atoms with Crippen molar-refractivity contribution in [2.45, 2.75) is 58.6 Å². The number of benzene rings is 1. The van der Waals surface area contributed by atoms with Gasteiger partial charge in [-0.2, -0.15) is 0 Å². The van der Waals surface area contributed by atoms with E-state index < -0.39 is 17.5 Å². The Labute approximate surface area is 165 Å². The summed E-state index contributed by atoms with van der Waals surface area (Å²) < 4.78 is 1.93. The predicted octanol–water partition coefficient (Wildman–Crippen LogP) is 2.62. The molecule has 1 aliphatic rings. The molecule has 28 heavy (non-hydrogen) atoms. The molecule has 2 heterocycles. The summed E-state index contributed by atoms with van der Waals surface area (Å²) >= 11 is 0. The van der Waals surface area contributed by atoms with Crippen molar-refractivity contribution in [3.63, 3.8) is 0 Å². The third-order valence-electron chi connectivity index (χ3n) is 5.83. The second kappa shape index (κ2) is 7.91. The minimum Gasteiger partial charge on any atom is -0.481 e. The highest BCUT2D eigenvalue weighted by Crippen LogP contribution is 2.37. The van der Waals surface area contributed by atoms with E-state index in [9.17, 15) is 19.8 Å². The summed E-state index contributed by atoms with van der Waals surface area (Å²) in [6.45, 7) is 6.51. The minimum atomic E-state index is -1.16. The lowest BCUT2D eigenvalue weighted by molar-refractivity contribution is -0.167. The Morgan fingerprint density at radius 1 is 1.32 bits per heavy atom. The number of fused-ring (bicyclic) bond motifs is 1. The molecule has 152 valence electrons. The SMILES string of the molecule is CCC[C@]1(C(=O)O)CCN(C(=O)Cn2c(C(C)C)nc3ccccc32)C[C@@H]1O. The van der Waals surface area contributed by atoms with E-state index in [0.717, 1.165) is 16.9 Å². The molecule has 7 heteroatoms. The van der Waals surface area contributed by atoms with Crippen LogP contribution < -0.4 is 0 Å². The van der Waals surface area contributed by atoms with E-state index in [2.05, 4.69) is 4.98 Å². The van der Waals surface area contributed by atoms with Gasteiger partial charge in [-0.1, -0.05) is 39.3 Å².